The smallest absolute Gasteiger partial charge is 0.289 e. The van der Waals surface area contributed by atoms with Gasteiger partial charge in [0.15, 0.2) is 10.9 Å². The second kappa shape index (κ2) is 8.25. The van der Waals surface area contributed by atoms with E-state index in [4.69, 9.17) is 9.47 Å². The number of carbonyl (C=O) groups excluding carboxylic acids is 1. The van der Waals surface area contributed by atoms with Crippen molar-refractivity contribution in [1.82, 2.24) is 4.57 Å². The van der Waals surface area contributed by atoms with E-state index in [1.165, 1.54) is 17.4 Å². The van der Waals surface area contributed by atoms with Gasteiger partial charge in [0.1, 0.15) is 11.6 Å². The van der Waals surface area contributed by atoms with Crippen LogP contribution in [0.15, 0.2) is 53.5 Å². The molecular weight excluding hydrogens is 355 g/mol. The van der Waals surface area contributed by atoms with Gasteiger partial charge in [0.2, 0.25) is 0 Å². The Balaban J connectivity index is 1.95. The lowest BCUT2D eigenvalue weighted by Gasteiger charge is -2.11. The Kier molecular flexibility index (Phi) is 5.80. The molecule has 0 aliphatic rings. The maximum absolute atomic E-state index is 14.3. The van der Waals surface area contributed by atoms with Crippen molar-refractivity contribution < 1.29 is 18.7 Å². The fourth-order valence-electron chi connectivity index (χ4n) is 2.50. The van der Waals surface area contributed by atoms with Gasteiger partial charge in [-0.15, -0.1) is 0 Å². The molecular formula is C19H19FN2O3S. The summed E-state index contributed by atoms with van der Waals surface area (Å²) in [5.41, 5.74) is 0.428. The molecule has 0 fully saturated rings. The standard InChI is InChI=1S/C19H19FN2O3S/c1-13(25-14-7-4-3-5-8-14)18(23)21-19-22(11-12-24-2)17-15(20)9-6-10-16(17)26-19/h3-10,13H,11-12H2,1-2H3. The molecule has 0 spiro atoms. The number of fused-ring (bicyclic) bond motifs is 1. The third-order valence-electron chi connectivity index (χ3n) is 3.78. The van der Waals surface area contributed by atoms with Gasteiger partial charge in [-0.05, 0) is 31.2 Å². The van der Waals surface area contributed by atoms with Crippen LogP contribution in [-0.4, -0.2) is 30.3 Å². The van der Waals surface area contributed by atoms with E-state index < -0.39 is 12.0 Å². The van der Waals surface area contributed by atoms with Crippen molar-refractivity contribution in [2.24, 2.45) is 4.99 Å². The fourth-order valence-corrected chi connectivity index (χ4v) is 3.58. The highest BCUT2D eigenvalue weighted by molar-refractivity contribution is 7.16. The van der Waals surface area contributed by atoms with Crippen LogP contribution in [0.2, 0.25) is 0 Å². The molecule has 1 aromatic heterocycles. The van der Waals surface area contributed by atoms with Gasteiger partial charge in [0.25, 0.3) is 5.91 Å². The number of benzene rings is 2. The van der Waals surface area contributed by atoms with Gasteiger partial charge in [-0.2, -0.15) is 4.99 Å². The van der Waals surface area contributed by atoms with Crippen LogP contribution in [0.4, 0.5) is 4.39 Å². The molecule has 3 aromatic rings. The van der Waals surface area contributed by atoms with E-state index in [-0.39, 0.29) is 5.82 Å². The number of amides is 1. The van der Waals surface area contributed by atoms with E-state index in [2.05, 4.69) is 4.99 Å². The van der Waals surface area contributed by atoms with Crippen LogP contribution in [0, 0.1) is 5.82 Å². The van der Waals surface area contributed by atoms with Crippen LogP contribution in [0.5, 0.6) is 5.75 Å². The molecule has 1 amide bonds. The van der Waals surface area contributed by atoms with E-state index in [9.17, 15) is 9.18 Å². The average molecular weight is 374 g/mol. The highest BCUT2D eigenvalue weighted by Gasteiger charge is 2.16. The summed E-state index contributed by atoms with van der Waals surface area (Å²) in [6.07, 6.45) is -0.747. The number of rotatable bonds is 6. The molecule has 136 valence electrons. The van der Waals surface area contributed by atoms with Crippen LogP contribution in [0.25, 0.3) is 10.2 Å². The number of carbonyl (C=O) groups is 1. The Hall–Kier alpha value is -2.51. The summed E-state index contributed by atoms with van der Waals surface area (Å²) in [5.74, 6) is -0.178. The predicted molar refractivity (Wildman–Crippen MR) is 98.8 cm³/mol. The zero-order chi connectivity index (χ0) is 18.5. The van der Waals surface area contributed by atoms with Crippen LogP contribution in [0.1, 0.15) is 6.92 Å². The summed E-state index contributed by atoms with van der Waals surface area (Å²) in [4.78, 5) is 17.1. The molecule has 26 heavy (non-hydrogen) atoms. The van der Waals surface area contributed by atoms with Crippen molar-refractivity contribution in [1.29, 1.82) is 0 Å². The molecule has 0 bridgehead atoms. The lowest BCUT2D eigenvalue weighted by molar-refractivity contribution is -0.124. The van der Waals surface area contributed by atoms with Gasteiger partial charge in [-0.25, -0.2) is 4.39 Å². The van der Waals surface area contributed by atoms with Crippen LogP contribution in [-0.2, 0) is 16.1 Å². The van der Waals surface area contributed by atoms with Gasteiger partial charge in [-0.1, -0.05) is 35.6 Å². The molecule has 0 aliphatic heterocycles. The number of nitrogens with zero attached hydrogens (tertiary/aromatic N) is 2. The average Bonchev–Trinajstić information content (AvgIpc) is 2.99. The molecule has 0 saturated carbocycles. The molecule has 7 heteroatoms. The lowest BCUT2D eigenvalue weighted by atomic mass is 10.3. The lowest BCUT2D eigenvalue weighted by Crippen LogP contribution is -2.26. The first-order valence-electron chi connectivity index (χ1n) is 8.17. The van der Waals surface area contributed by atoms with Gasteiger partial charge in [0.05, 0.1) is 16.8 Å². The summed E-state index contributed by atoms with van der Waals surface area (Å²) < 4.78 is 27.4. The largest absolute Gasteiger partial charge is 0.481 e. The van der Waals surface area contributed by atoms with Crippen molar-refractivity contribution >= 4 is 27.5 Å². The Morgan fingerprint density at radius 3 is 2.73 bits per heavy atom. The SMILES string of the molecule is COCCn1c(=NC(=O)C(C)Oc2ccccc2)sc2cccc(F)c21. The zero-order valence-electron chi connectivity index (χ0n) is 14.5. The number of methoxy groups -OCH3 is 1. The van der Waals surface area contributed by atoms with Crippen LogP contribution >= 0.6 is 11.3 Å². The van der Waals surface area contributed by atoms with E-state index in [0.29, 0.717) is 29.2 Å². The normalized spacial score (nSPS) is 13.1. The van der Waals surface area contributed by atoms with E-state index in [1.807, 2.05) is 18.2 Å². The Labute approximate surface area is 154 Å². The first kappa shape index (κ1) is 18.3. The van der Waals surface area contributed by atoms with E-state index in [1.54, 1.807) is 42.9 Å². The fraction of sp³-hybridized carbons (Fsp3) is 0.263. The number of thiazole rings is 1. The quantitative estimate of drug-likeness (QED) is 0.665. The number of hydrogen-bond acceptors (Lipinski definition) is 4. The molecule has 5 nitrogen and oxygen atoms in total. The summed E-state index contributed by atoms with van der Waals surface area (Å²) in [5, 5.41) is 0. The molecule has 2 aromatic carbocycles. The molecule has 0 aliphatic carbocycles. The van der Waals surface area contributed by atoms with Gasteiger partial charge in [-0.3, -0.25) is 4.79 Å². The Morgan fingerprint density at radius 2 is 2.00 bits per heavy atom. The number of ether oxygens (including phenoxy) is 2. The van der Waals surface area contributed by atoms with Gasteiger partial charge >= 0.3 is 0 Å². The maximum Gasteiger partial charge on any atom is 0.289 e. The molecule has 0 saturated heterocycles. The maximum atomic E-state index is 14.3. The molecule has 3 rings (SSSR count). The Bertz CT molecular complexity index is 966. The van der Waals surface area contributed by atoms with Crippen molar-refractivity contribution in [2.75, 3.05) is 13.7 Å². The predicted octanol–water partition coefficient (Wildman–Crippen LogP) is 3.38. The monoisotopic (exact) mass is 374 g/mol. The molecule has 1 atom stereocenters. The van der Waals surface area contributed by atoms with Gasteiger partial charge < -0.3 is 14.0 Å². The van der Waals surface area contributed by atoms with Crippen LogP contribution in [0.3, 0.4) is 0 Å². The first-order chi connectivity index (χ1) is 12.6. The number of hydrogen-bond donors (Lipinski definition) is 0. The molecule has 1 heterocycles. The van der Waals surface area contributed by atoms with E-state index in [0.717, 1.165) is 4.70 Å². The third-order valence-corrected chi connectivity index (χ3v) is 4.82. The second-order valence-corrected chi connectivity index (χ2v) is 6.65. The van der Waals surface area contributed by atoms with Crippen molar-refractivity contribution in [3.8, 4) is 5.75 Å². The molecule has 0 radical (unpaired) electrons. The minimum Gasteiger partial charge on any atom is -0.481 e. The van der Waals surface area contributed by atoms with E-state index >= 15 is 0 Å². The minimum atomic E-state index is -0.747. The summed E-state index contributed by atoms with van der Waals surface area (Å²) in [6.45, 7) is 2.43. The Morgan fingerprint density at radius 1 is 1.23 bits per heavy atom. The van der Waals surface area contributed by atoms with Gasteiger partial charge in [0, 0.05) is 13.7 Å². The topological polar surface area (TPSA) is 52.8 Å². The van der Waals surface area contributed by atoms with Crippen molar-refractivity contribution in [3.63, 3.8) is 0 Å². The first-order valence-corrected chi connectivity index (χ1v) is 8.99. The number of para-hydroxylation sites is 2. The number of halogens is 1. The summed E-state index contributed by atoms with van der Waals surface area (Å²) >= 11 is 1.26. The molecule has 1 unspecified atom stereocenters. The highest BCUT2D eigenvalue weighted by Crippen LogP contribution is 2.20. The van der Waals surface area contributed by atoms with Crippen LogP contribution < -0.4 is 9.54 Å². The highest BCUT2D eigenvalue weighted by atomic mass is 32.1. The second-order valence-electron chi connectivity index (χ2n) is 5.64. The van der Waals surface area contributed by atoms with Crippen molar-refractivity contribution in [2.45, 2.75) is 19.6 Å². The summed E-state index contributed by atoms with van der Waals surface area (Å²) in [6, 6.07) is 13.9. The summed E-state index contributed by atoms with van der Waals surface area (Å²) in [7, 11) is 1.57. The third kappa shape index (κ3) is 4.00. The van der Waals surface area contributed by atoms with Crippen molar-refractivity contribution in [3.05, 3.63) is 59.1 Å². The minimum absolute atomic E-state index is 0.350. The number of aromatic nitrogens is 1. The zero-order valence-corrected chi connectivity index (χ0v) is 15.3. The molecule has 0 N–H and O–H groups in total.